The van der Waals surface area contributed by atoms with Gasteiger partial charge in [-0.05, 0) is 12.8 Å². The molecular formula is C14H22N2O3S. The second kappa shape index (κ2) is 7.38. The van der Waals surface area contributed by atoms with E-state index in [-0.39, 0.29) is 17.7 Å². The maximum Gasteiger partial charge on any atom is 0.303 e. The van der Waals surface area contributed by atoms with Gasteiger partial charge in [-0.3, -0.25) is 9.59 Å². The highest BCUT2D eigenvalue weighted by molar-refractivity contribution is 7.11. The number of nitrogens with zero attached hydrogens (tertiary/aromatic N) is 1. The van der Waals surface area contributed by atoms with E-state index in [1.165, 1.54) is 11.3 Å². The lowest BCUT2D eigenvalue weighted by Crippen LogP contribution is -2.27. The van der Waals surface area contributed by atoms with Gasteiger partial charge in [0.1, 0.15) is 4.88 Å². The molecule has 1 aromatic rings. The summed E-state index contributed by atoms with van der Waals surface area (Å²) < 4.78 is 0. The molecule has 6 heteroatoms. The highest BCUT2D eigenvalue weighted by Crippen LogP contribution is 2.26. The Hall–Kier alpha value is -1.43. The smallest absolute Gasteiger partial charge is 0.303 e. The molecule has 0 saturated heterocycles. The number of thiazole rings is 1. The number of unbranched alkanes of at least 4 members (excludes halogenated alkanes) is 2. The summed E-state index contributed by atoms with van der Waals surface area (Å²) in [5.74, 6) is -0.857. The minimum Gasteiger partial charge on any atom is -0.481 e. The van der Waals surface area contributed by atoms with E-state index in [0.29, 0.717) is 17.8 Å². The quantitative estimate of drug-likeness (QED) is 0.759. The molecule has 0 atom stereocenters. The van der Waals surface area contributed by atoms with Gasteiger partial charge in [0.15, 0.2) is 0 Å². The number of hydrogen-bond donors (Lipinski definition) is 2. The zero-order chi connectivity index (χ0) is 15.2. The molecule has 0 fully saturated rings. The highest BCUT2D eigenvalue weighted by atomic mass is 32.1. The van der Waals surface area contributed by atoms with Gasteiger partial charge in [0.05, 0.1) is 11.2 Å². The van der Waals surface area contributed by atoms with E-state index in [2.05, 4.69) is 10.3 Å². The SMILES string of the molecule is CC(C)(C)c1ncsc1C(=O)NCCCCCC(=O)O. The van der Waals surface area contributed by atoms with E-state index >= 15 is 0 Å². The third-order valence-electron chi connectivity index (χ3n) is 2.84. The van der Waals surface area contributed by atoms with Gasteiger partial charge in [0, 0.05) is 18.4 Å². The lowest BCUT2D eigenvalue weighted by atomic mass is 9.91. The van der Waals surface area contributed by atoms with E-state index in [9.17, 15) is 9.59 Å². The fourth-order valence-corrected chi connectivity index (χ4v) is 2.71. The van der Waals surface area contributed by atoms with Crippen LogP contribution in [-0.2, 0) is 10.2 Å². The van der Waals surface area contributed by atoms with Crippen molar-refractivity contribution in [3.05, 3.63) is 16.1 Å². The van der Waals surface area contributed by atoms with Gasteiger partial charge in [-0.25, -0.2) is 4.98 Å². The molecule has 1 amide bonds. The van der Waals surface area contributed by atoms with Crippen LogP contribution in [0.5, 0.6) is 0 Å². The summed E-state index contributed by atoms with van der Waals surface area (Å²) in [7, 11) is 0. The maximum absolute atomic E-state index is 12.1. The number of carbonyl (C=O) groups excluding carboxylic acids is 1. The number of rotatable bonds is 7. The van der Waals surface area contributed by atoms with E-state index in [0.717, 1.165) is 18.5 Å². The first-order valence-corrected chi connectivity index (χ1v) is 7.64. The molecule has 112 valence electrons. The molecule has 0 aromatic carbocycles. The lowest BCUT2D eigenvalue weighted by molar-refractivity contribution is -0.137. The average Bonchev–Trinajstić information content (AvgIpc) is 2.81. The van der Waals surface area contributed by atoms with Crippen LogP contribution in [0.1, 0.15) is 61.8 Å². The standard InChI is InChI=1S/C14H22N2O3S/c1-14(2,3)12-11(20-9-16-12)13(19)15-8-6-4-5-7-10(17)18/h9H,4-8H2,1-3H3,(H,15,19)(H,17,18). The number of hydrogen-bond acceptors (Lipinski definition) is 4. The fourth-order valence-electron chi connectivity index (χ4n) is 1.80. The van der Waals surface area contributed by atoms with E-state index in [4.69, 9.17) is 5.11 Å². The second-order valence-electron chi connectivity index (χ2n) is 5.74. The average molecular weight is 298 g/mol. The predicted octanol–water partition coefficient (Wildman–Crippen LogP) is 2.82. The van der Waals surface area contributed by atoms with Crippen molar-refractivity contribution in [2.45, 2.75) is 51.9 Å². The lowest BCUT2D eigenvalue weighted by Gasteiger charge is -2.17. The largest absolute Gasteiger partial charge is 0.481 e. The van der Waals surface area contributed by atoms with Crippen LogP contribution < -0.4 is 5.32 Å². The van der Waals surface area contributed by atoms with Crippen LogP contribution in [0.3, 0.4) is 0 Å². The van der Waals surface area contributed by atoms with E-state index in [1.54, 1.807) is 5.51 Å². The molecule has 1 aromatic heterocycles. The molecule has 20 heavy (non-hydrogen) atoms. The minimum atomic E-state index is -0.770. The number of nitrogens with one attached hydrogen (secondary N) is 1. The van der Waals surface area contributed by atoms with Gasteiger partial charge in [0.2, 0.25) is 0 Å². The topological polar surface area (TPSA) is 79.3 Å². The zero-order valence-corrected chi connectivity index (χ0v) is 13.0. The molecule has 0 aliphatic heterocycles. The molecule has 0 spiro atoms. The monoisotopic (exact) mass is 298 g/mol. The highest BCUT2D eigenvalue weighted by Gasteiger charge is 2.24. The van der Waals surface area contributed by atoms with Gasteiger partial charge in [0.25, 0.3) is 5.91 Å². The van der Waals surface area contributed by atoms with Gasteiger partial charge in [-0.2, -0.15) is 0 Å². The Kier molecular flexibility index (Phi) is 6.13. The minimum absolute atomic E-state index is 0.0874. The van der Waals surface area contributed by atoms with Crippen LogP contribution in [-0.4, -0.2) is 28.5 Å². The van der Waals surface area contributed by atoms with Gasteiger partial charge >= 0.3 is 5.97 Å². The zero-order valence-electron chi connectivity index (χ0n) is 12.2. The summed E-state index contributed by atoms with van der Waals surface area (Å²) in [6, 6.07) is 0. The summed E-state index contributed by atoms with van der Waals surface area (Å²) in [5, 5.41) is 11.4. The first kappa shape index (κ1) is 16.6. The summed E-state index contributed by atoms with van der Waals surface area (Å²) >= 11 is 1.36. The third-order valence-corrected chi connectivity index (χ3v) is 3.66. The van der Waals surface area contributed by atoms with Crippen molar-refractivity contribution in [3.8, 4) is 0 Å². The summed E-state index contributed by atoms with van der Waals surface area (Å²) in [6.45, 7) is 6.67. The Labute approximate surface area is 123 Å². The van der Waals surface area contributed by atoms with Crippen molar-refractivity contribution in [1.82, 2.24) is 10.3 Å². The Bertz CT molecular complexity index is 463. The summed E-state index contributed by atoms with van der Waals surface area (Å²) in [5.41, 5.74) is 2.38. The van der Waals surface area contributed by atoms with Crippen LogP contribution in [0.15, 0.2) is 5.51 Å². The number of amides is 1. The maximum atomic E-state index is 12.1. The summed E-state index contributed by atoms with van der Waals surface area (Å²) in [4.78, 5) is 27.4. The van der Waals surface area contributed by atoms with E-state index in [1.807, 2.05) is 20.8 Å². The molecule has 0 aliphatic rings. The normalized spacial score (nSPS) is 11.3. The van der Waals surface area contributed by atoms with E-state index < -0.39 is 5.97 Å². The molecule has 5 nitrogen and oxygen atoms in total. The number of carboxylic acids is 1. The van der Waals surface area contributed by atoms with Gasteiger partial charge < -0.3 is 10.4 Å². The first-order chi connectivity index (χ1) is 9.32. The van der Waals surface area contributed by atoms with Crippen molar-refractivity contribution in [2.24, 2.45) is 0 Å². The number of aliphatic carboxylic acids is 1. The van der Waals surface area contributed by atoms with Crippen molar-refractivity contribution in [2.75, 3.05) is 6.54 Å². The fraction of sp³-hybridized carbons (Fsp3) is 0.643. The number of carbonyl (C=O) groups is 2. The first-order valence-electron chi connectivity index (χ1n) is 6.76. The Morgan fingerprint density at radius 2 is 2.00 bits per heavy atom. The Morgan fingerprint density at radius 1 is 1.30 bits per heavy atom. The molecule has 1 heterocycles. The second-order valence-corrected chi connectivity index (χ2v) is 6.60. The van der Waals surface area contributed by atoms with Crippen molar-refractivity contribution >= 4 is 23.2 Å². The molecule has 0 aliphatic carbocycles. The van der Waals surface area contributed by atoms with Crippen LogP contribution >= 0.6 is 11.3 Å². The molecule has 1 rings (SSSR count). The Morgan fingerprint density at radius 3 is 2.60 bits per heavy atom. The van der Waals surface area contributed by atoms with Crippen LogP contribution in [0.25, 0.3) is 0 Å². The molecule has 0 bridgehead atoms. The molecule has 0 saturated carbocycles. The van der Waals surface area contributed by atoms with Crippen molar-refractivity contribution in [3.63, 3.8) is 0 Å². The van der Waals surface area contributed by atoms with Gasteiger partial charge in [-0.1, -0.05) is 27.2 Å². The van der Waals surface area contributed by atoms with Crippen LogP contribution in [0.4, 0.5) is 0 Å². The molecule has 0 unspecified atom stereocenters. The van der Waals surface area contributed by atoms with Crippen LogP contribution in [0, 0.1) is 0 Å². The number of carboxylic acid groups (broad SMARTS) is 1. The molecule has 0 radical (unpaired) electrons. The van der Waals surface area contributed by atoms with Crippen molar-refractivity contribution < 1.29 is 14.7 Å². The molecular weight excluding hydrogens is 276 g/mol. The van der Waals surface area contributed by atoms with Crippen LogP contribution in [0.2, 0.25) is 0 Å². The Balaban J connectivity index is 2.37. The number of aromatic nitrogens is 1. The van der Waals surface area contributed by atoms with Gasteiger partial charge in [-0.15, -0.1) is 11.3 Å². The van der Waals surface area contributed by atoms with Crippen molar-refractivity contribution in [1.29, 1.82) is 0 Å². The third kappa shape index (κ3) is 5.28. The molecule has 2 N–H and O–H groups in total. The predicted molar refractivity (Wildman–Crippen MR) is 79.3 cm³/mol. The summed E-state index contributed by atoms with van der Waals surface area (Å²) in [6.07, 6.45) is 2.44.